The van der Waals surface area contributed by atoms with E-state index in [1.165, 1.54) is 6.42 Å². The number of carbonyl (C=O) groups is 1. The maximum atomic E-state index is 12.2. The lowest BCUT2D eigenvalue weighted by atomic mass is 10.1. The molecule has 2 rings (SSSR count). The van der Waals surface area contributed by atoms with Gasteiger partial charge in [0.1, 0.15) is 0 Å². The Kier molecular flexibility index (Phi) is 9.33. The fourth-order valence-electron chi connectivity index (χ4n) is 3.40. The zero-order chi connectivity index (χ0) is 16.8. The van der Waals surface area contributed by atoms with Crippen LogP contribution in [0.2, 0.25) is 0 Å². The van der Waals surface area contributed by atoms with Gasteiger partial charge in [-0.1, -0.05) is 6.92 Å². The summed E-state index contributed by atoms with van der Waals surface area (Å²) in [6, 6.07) is 0.952. The minimum Gasteiger partial charge on any atom is -0.352 e. The largest absolute Gasteiger partial charge is 0.352 e. The number of piperidine rings is 1. The Morgan fingerprint density at radius 1 is 1.21 bits per heavy atom. The van der Waals surface area contributed by atoms with Crippen molar-refractivity contribution in [1.29, 1.82) is 0 Å². The summed E-state index contributed by atoms with van der Waals surface area (Å²) in [4.78, 5) is 21.0. The number of nitrogens with zero attached hydrogens (tertiary/aromatic N) is 3. The van der Waals surface area contributed by atoms with E-state index in [2.05, 4.69) is 41.3 Å². The van der Waals surface area contributed by atoms with Crippen LogP contribution in [0.15, 0.2) is 4.99 Å². The predicted molar refractivity (Wildman–Crippen MR) is 110 cm³/mol. The molecule has 140 valence electrons. The number of amides is 1. The normalized spacial score (nSPS) is 25.5. The van der Waals surface area contributed by atoms with Gasteiger partial charge in [0, 0.05) is 45.3 Å². The minimum atomic E-state index is 0. The van der Waals surface area contributed by atoms with Gasteiger partial charge in [-0.3, -0.25) is 14.7 Å². The molecule has 2 aliphatic rings. The Balaban J connectivity index is 0.00000288. The molecule has 0 aliphatic carbocycles. The van der Waals surface area contributed by atoms with Crippen LogP contribution in [-0.2, 0) is 4.79 Å². The average Bonchev–Trinajstić information content (AvgIpc) is 2.93. The first kappa shape index (κ1) is 21.5. The molecule has 6 nitrogen and oxygen atoms in total. The maximum Gasteiger partial charge on any atom is 0.241 e. The summed E-state index contributed by atoms with van der Waals surface area (Å²) >= 11 is 0. The predicted octanol–water partition coefficient (Wildman–Crippen LogP) is 1.51. The van der Waals surface area contributed by atoms with E-state index >= 15 is 0 Å². The van der Waals surface area contributed by atoms with Crippen molar-refractivity contribution in [3.63, 3.8) is 0 Å². The molecule has 1 amide bonds. The highest BCUT2D eigenvalue weighted by atomic mass is 127. The third-order valence-corrected chi connectivity index (χ3v) is 5.03. The van der Waals surface area contributed by atoms with Crippen LogP contribution in [0.25, 0.3) is 0 Å². The summed E-state index contributed by atoms with van der Waals surface area (Å²) in [6.45, 7) is 11.0. The molecular formula is C17H34IN5O. The Morgan fingerprint density at radius 2 is 1.88 bits per heavy atom. The molecule has 2 saturated heterocycles. The van der Waals surface area contributed by atoms with Crippen molar-refractivity contribution in [1.82, 2.24) is 20.4 Å². The van der Waals surface area contributed by atoms with E-state index < -0.39 is 0 Å². The highest BCUT2D eigenvalue weighted by molar-refractivity contribution is 14.0. The van der Waals surface area contributed by atoms with Gasteiger partial charge in [-0.2, -0.15) is 0 Å². The fourth-order valence-corrected chi connectivity index (χ4v) is 3.40. The van der Waals surface area contributed by atoms with Crippen LogP contribution >= 0.6 is 24.0 Å². The number of rotatable bonds is 4. The van der Waals surface area contributed by atoms with Crippen LogP contribution < -0.4 is 10.6 Å². The lowest BCUT2D eigenvalue weighted by molar-refractivity contribution is -0.130. The molecule has 2 fully saturated rings. The van der Waals surface area contributed by atoms with Crippen molar-refractivity contribution in [2.75, 3.05) is 39.8 Å². The molecule has 7 heteroatoms. The van der Waals surface area contributed by atoms with Crippen LogP contribution in [-0.4, -0.2) is 73.5 Å². The van der Waals surface area contributed by atoms with Crippen molar-refractivity contribution < 1.29 is 4.79 Å². The Morgan fingerprint density at radius 3 is 2.42 bits per heavy atom. The molecule has 24 heavy (non-hydrogen) atoms. The highest BCUT2D eigenvalue weighted by Crippen LogP contribution is 2.18. The first-order valence-corrected chi connectivity index (χ1v) is 9.00. The van der Waals surface area contributed by atoms with Gasteiger partial charge in [-0.25, -0.2) is 0 Å². The molecule has 2 heterocycles. The molecule has 0 saturated carbocycles. The number of hydrogen-bond acceptors (Lipinski definition) is 3. The third kappa shape index (κ3) is 6.06. The van der Waals surface area contributed by atoms with E-state index in [1.54, 1.807) is 7.05 Å². The van der Waals surface area contributed by atoms with Gasteiger partial charge in [0.25, 0.3) is 0 Å². The van der Waals surface area contributed by atoms with Gasteiger partial charge in [-0.15, -0.1) is 24.0 Å². The van der Waals surface area contributed by atoms with Crippen LogP contribution in [0.3, 0.4) is 0 Å². The summed E-state index contributed by atoms with van der Waals surface area (Å²) in [5, 5.41) is 6.67. The molecule has 2 unspecified atom stereocenters. The van der Waals surface area contributed by atoms with Gasteiger partial charge in [0.05, 0.1) is 6.54 Å². The van der Waals surface area contributed by atoms with Gasteiger partial charge in [0.2, 0.25) is 5.91 Å². The Hall–Kier alpha value is -0.570. The van der Waals surface area contributed by atoms with E-state index in [-0.39, 0.29) is 29.9 Å². The second-order valence-corrected chi connectivity index (χ2v) is 7.14. The monoisotopic (exact) mass is 451 g/mol. The molecule has 0 radical (unpaired) electrons. The molecule has 0 spiro atoms. The van der Waals surface area contributed by atoms with Crippen molar-refractivity contribution in [2.24, 2.45) is 10.9 Å². The van der Waals surface area contributed by atoms with Gasteiger partial charge in [0.15, 0.2) is 5.96 Å². The smallest absolute Gasteiger partial charge is 0.241 e. The third-order valence-electron chi connectivity index (χ3n) is 5.03. The molecule has 2 atom stereocenters. The number of hydrogen-bond donors (Lipinski definition) is 2. The van der Waals surface area contributed by atoms with Crippen LogP contribution in [0.4, 0.5) is 0 Å². The van der Waals surface area contributed by atoms with E-state index in [4.69, 9.17) is 0 Å². The number of guanidine groups is 1. The number of halogens is 1. The Bertz CT molecular complexity index is 423. The second kappa shape index (κ2) is 10.4. The van der Waals surface area contributed by atoms with E-state index in [1.807, 2.05) is 4.90 Å². The first-order valence-electron chi connectivity index (χ1n) is 9.00. The fraction of sp³-hybridized carbons (Fsp3) is 0.882. The van der Waals surface area contributed by atoms with E-state index in [0.29, 0.717) is 24.5 Å². The van der Waals surface area contributed by atoms with Crippen molar-refractivity contribution in [3.05, 3.63) is 0 Å². The molecule has 2 aliphatic heterocycles. The van der Waals surface area contributed by atoms with E-state index in [9.17, 15) is 4.79 Å². The molecule has 0 aromatic rings. The first-order chi connectivity index (χ1) is 11.0. The zero-order valence-corrected chi connectivity index (χ0v) is 17.9. The lowest BCUT2D eigenvalue weighted by Crippen LogP contribution is -2.50. The van der Waals surface area contributed by atoms with Crippen LogP contribution in [0.1, 0.15) is 40.0 Å². The van der Waals surface area contributed by atoms with Crippen molar-refractivity contribution in [2.45, 2.75) is 52.1 Å². The summed E-state index contributed by atoms with van der Waals surface area (Å²) in [5.41, 5.74) is 0. The van der Waals surface area contributed by atoms with Crippen LogP contribution in [0.5, 0.6) is 0 Å². The Labute approximate surface area is 163 Å². The van der Waals surface area contributed by atoms with Crippen molar-refractivity contribution in [3.8, 4) is 0 Å². The summed E-state index contributed by atoms with van der Waals surface area (Å²) in [7, 11) is 1.76. The topological polar surface area (TPSA) is 60.0 Å². The quantitative estimate of drug-likeness (QED) is 0.387. The molecule has 2 N–H and O–H groups in total. The average molecular weight is 451 g/mol. The van der Waals surface area contributed by atoms with Crippen molar-refractivity contribution >= 4 is 35.8 Å². The van der Waals surface area contributed by atoms with Gasteiger partial charge in [-0.05, 0) is 39.0 Å². The standard InChI is InChI=1S/C17H33N5O.HI/c1-13(2)22-11-14(3)15(12-22)20-17(18-4)19-10-16(23)21-8-6-5-7-9-21;/h13-15H,5-12H2,1-4H3,(H2,18,19,20);1H. The zero-order valence-electron chi connectivity index (χ0n) is 15.5. The summed E-state index contributed by atoms with van der Waals surface area (Å²) in [5.74, 6) is 1.49. The minimum absolute atomic E-state index is 0. The summed E-state index contributed by atoms with van der Waals surface area (Å²) in [6.07, 6.45) is 3.50. The number of likely N-dealkylation sites (tertiary alicyclic amines) is 2. The van der Waals surface area contributed by atoms with Crippen LogP contribution in [0, 0.1) is 5.92 Å². The van der Waals surface area contributed by atoms with E-state index in [0.717, 1.165) is 45.0 Å². The number of carbonyl (C=O) groups excluding carboxylic acids is 1. The highest BCUT2D eigenvalue weighted by Gasteiger charge is 2.31. The molecular weight excluding hydrogens is 417 g/mol. The maximum absolute atomic E-state index is 12.2. The molecule has 0 aromatic carbocycles. The lowest BCUT2D eigenvalue weighted by Gasteiger charge is -2.27. The number of nitrogens with one attached hydrogen (secondary N) is 2. The van der Waals surface area contributed by atoms with Gasteiger partial charge < -0.3 is 15.5 Å². The SMILES string of the molecule is CN=C(NCC(=O)N1CCCCC1)NC1CN(C(C)C)CC1C.I. The summed E-state index contributed by atoms with van der Waals surface area (Å²) < 4.78 is 0. The van der Waals surface area contributed by atoms with Gasteiger partial charge >= 0.3 is 0 Å². The molecule has 0 aromatic heterocycles. The second-order valence-electron chi connectivity index (χ2n) is 7.14. The molecule has 0 bridgehead atoms. The number of aliphatic imine (C=N–C) groups is 1.